The molecule has 0 aliphatic carbocycles. The van der Waals surface area contributed by atoms with Crippen LogP contribution in [0.2, 0.25) is 0 Å². The number of Topliss-reactive ketones (excluding diaryl/α,β-unsaturated/α-hetero) is 1. The standard InChI is InChI=1S/C10H13NO3/c1-4-8(9(12)6-11)7(3)10(13)14-5-2/h4-5H,1-2,6,11H2,3H3. The zero-order valence-corrected chi connectivity index (χ0v) is 8.08. The van der Waals surface area contributed by atoms with Gasteiger partial charge in [-0.15, -0.1) is 0 Å². The van der Waals surface area contributed by atoms with E-state index in [1.807, 2.05) is 0 Å². The van der Waals surface area contributed by atoms with E-state index in [9.17, 15) is 9.59 Å². The van der Waals surface area contributed by atoms with Gasteiger partial charge in [-0.1, -0.05) is 19.2 Å². The SMILES string of the molecule is C=COC(=O)C(C)=C(C=C)C(=O)CN. The van der Waals surface area contributed by atoms with Gasteiger partial charge in [0.2, 0.25) is 0 Å². The van der Waals surface area contributed by atoms with Crippen molar-refractivity contribution in [3.05, 3.63) is 36.6 Å². The van der Waals surface area contributed by atoms with Crippen molar-refractivity contribution in [2.24, 2.45) is 5.73 Å². The van der Waals surface area contributed by atoms with Crippen LogP contribution in [0.1, 0.15) is 6.92 Å². The number of carbonyl (C=O) groups is 2. The molecular formula is C10H13NO3. The molecule has 0 atom stereocenters. The Kier molecular flexibility index (Phi) is 5.17. The Morgan fingerprint density at radius 3 is 2.36 bits per heavy atom. The van der Waals surface area contributed by atoms with Gasteiger partial charge in [0.1, 0.15) is 0 Å². The molecule has 0 amide bonds. The minimum absolute atomic E-state index is 0.167. The van der Waals surface area contributed by atoms with E-state index < -0.39 is 5.97 Å². The summed E-state index contributed by atoms with van der Waals surface area (Å²) in [5.41, 5.74) is 5.51. The molecule has 2 N–H and O–H groups in total. The predicted molar refractivity (Wildman–Crippen MR) is 53.2 cm³/mol. The first-order chi connectivity index (χ1) is 6.58. The first-order valence-corrected chi connectivity index (χ1v) is 3.97. The summed E-state index contributed by atoms with van der Waals surface area (Å²) in [6.07, 6.45) is 2.29. The van der Waals surface area contributed by atoms with Crippen molar-refractivity contribution in [3.8, 4) is 0 Å². The molecule has 0 fully saturated rings. The van der Waals surface area contributed by atoms with Crippen LogP contribution in [0.15, 0.2) is 36.6 Å². The van der Waals surface area contributed by atoms with E-state index in [1.165, 1.54) is 13.0 Å². The van der Waals surface area contributed by atoms with Gasteiger partial charge in [-0.05, 0) is 6.92 Å². The number of ketones is 1. The van der Waals surface area contributed by atoms with Gasteiger partial charge in [-0.2, -0.15) is 0 Å². The van der Waals surface area contributed by atoms with E-state index in [0.717, 1.165) is 6.26 Å². The predicted octanol–water partition coefficient (Wildman–Crippen LogP) is 0.703. The minimum atomic E-state index is -0.628. The lowest BCUT2D eigenvalue weighted by Gasteiger charge is -2.04. The Morgan fingerprint density at radius 1 is 1.43 bits per heavy atom. The molecule has 0 aromatic rings. The van der Waals surface area contributed by atoms with Crippen molar-refractivity contribution in [2.45, 2.75) is 6.92 Å². The molecule has 0 aromatic heterocycles. The molecule has 0 saturated heterocycles. The van der Waals surface area contributed by atoms with Gasteiger partial charge in [0, 0.05) is 11.1 Å². The molecule has 0 bridgehead atoms. The highest BCUT2D eigenvalue weighted by Gasteiger charge is 2.14. The summed E-state index contributed by atoms with van der Waals surface area (Å²) in [6, 6.07) is 0. The lowest BCUT2D eigenvalue weighted by atomic mass is 10.1. The summed E-state index contributed by atoms with van der Waals surface area (Å²) in [4.78, 5) is 22.4. The average Bonchev–Trinajstić information content (AvgIpc) is 2.18. The molecule has 76 valence electrons. The van der Waals surface area contributed by atoms with Crippen LogP contribution in [-0.2, 0) is 14.3 Å². The fourth-order valence-corrected chi connectivity index (χ4v) is 0.860. The monoisotopic (exact) mass is 195 g/mol. The van der Waals surface area contributed by atoms with E-state index >= 15 is 0 Å². The Morgan fingerprint density at radius 2 is 2.00 bits per heavy atom. The van der Waals surface area contributed by atoms with E-state index in [1.54, 1.807) is 0 Å². The second-order valence-electron chi connectivity index (χ2n) is 2.44. The first-order valence-electron chi connectivity index (χ1n) is 3.97. The number of rotatable bonds is 5. The number of carbonyl (C=O) groups excluding carboxylic acids is 2. The summed E-state index contributed by atoms with van der Waals surface area (Å²) in [5, 5.41) is 0. The van der Waals surface area contributed by atoms with Crippen molar-refractivity contribution in [1.29, 1.82) is 0 Å². The molecule has 0 aromatic carbocycles. The zero-order valence-electron chi connectivity index (χ0n) is 8.08. The van der Waals surface area contributed by atoms with E-state index in [0.29, 0.717) is 0 Å². The number of nitrogens with two attached hydrogens (primary N) is 1. The normalized spacial score (nSPS) is 11.3. The Bertz CT molecular complexity index is 302. The fraction of sp³-hybridized carbons (Fsp3) is 0.200. The molecular weight excluding hydrogens is 182 g/mol. The molecule has 0 spiro atoms. The molecule has 4 heteroatoms. The third kappa shape index (κ3) is 2.99. The van der Waals surface area contributed by atoms with Crippen LogP contribution < -0.4 is 5.73 Å². The van der Waals surface area contributed by atoms with Gasteiger partial charge in [0.05, 0.1) is 12.8 Å². The average molecular weight is 195 g/mol. The minimum Gasteiger partial charge on any atom is -0.432 e. The maximum atomic E-state index is 11.2. The van der Waals surface area contributed by atoms with Gasteiger partial charge in [-0.25, -0.2) is 4.79 Å². The lowest BCUT2D eigenvalue weighted by molar-refractivity contribution is -0.133. The smallest absolute Gasteiger partial charge is 0.339 e. The van der Waals surface area contributed by atoms with Crippen LogP contribution in [0, 0.1) is 0 Å². The van der Waals surface area contributed by atoms with Gasteiger partial charge in [0.25, 0.3) is 0 Å². The molecule has 14 heavy (non-hydrogen) atoms. The number of hydrogen-bond donors (Lipinski definition) is 1. The molecule has 0 radical (unpaired) electrons. The Balaban J connectivity index is 5.01. The third-order valence-electron chi connectivity index (χ3n) is 1.59. The van der Waals surface area contributed by atoms with Crippen LogP contribution in [0.5, 0.6) is 0 Å². The molecule has 0 heterocycles. The van der Waals surface area contributed by atoms with Crippen LogP contribution in [-0.4, -0.2) is 18.3 Å². The summed E-state index contributed by atoms with van der Waals surface area (Å²) < 4.78 is 4.51. The first kappa shape index (κ1) is 12.3. The van der Waals surface area contributed by atoms with E-state index in [2.05, 4.69) is 17.9 Å². The molecule has 0 unspecified atom stereocenters. The van der Waals surface area contributed by atoms with Crippen LogP contribution >= 0.6 is 0 Å². The Labute approximate surface area is 82.7 Å². The van der Waals surface area contributed by atoms with Gasteiger partial charge < -0.3 is 10.5 Å². The molecule has 0 aliphatic heterocycles. The van der Waals surface area contributed by atoms with Crippen LogP contribution in [0.25, 0.3) is 0 Å². The summed E-state index contributed by atoms with van der Waals surface area (Å²) in [5.74, 6) is -0.977. The fourth-order valence-electron chi connectivity index (χ4n) is 0.860. The van der Waals surface area contributed by atoms with Gasteiger partial charge >= 0.3 is 5.97 Å². The maximum absolute atomic E-state index is 11.2. The van der Waals surface area contributed by atoms with E-state index in [-0.39, 0.29) is 23.5 Å². The molecule has 0 aliphatic rings. The second-order valence-corrected chi connectivity index (χ2v) is 2.44. The molecule has 0 saturated carbocycles. The topological polar surface area (TPSA) is 69.4 Å². The molecule has 4 nitrogen and oxygen atoms in total. The van der Waals surface area contributed by atoms with Crippen molar-refractivity contribution >= 4 is 11.8 Å². The highest BCUT2D eigenvalue weighted by atomic mass is 16.5. The van der Waals surface area contributed by atoms with Crippen molar-refractivity contribution in [2.75, 3.05) is 6.54 Å². The third-order valence-corrected chi connectivity index (χ3v) is 1.59. The zero-order chi connectivity index (χ0) is 11.1. The highest BCUT2D eigenvalue weighted by Crippen LogP contribution is 2.08. The largest absolute Gasteiger partial charge is 0.432 e. The quantitative estimate of drug-likeness (QED) is 0.303. The summed E-state index contributed by atoms with van der Waals surface area (Å²) in [6.45, 7) is 7.96. The summed E-state index contributed by atoms with van der Waals surface area (Å²) in [7, 11) is 0. The number of allylic oxidation sites excluding steroid dienone is 1. The lowest BCUT2D eigenvalue weighted by Crippen LogP contribution is -2.18. The number of hydrogen-bond acceptors (Lipinski definition) is 4. The second kappa shape index (κ2) is 5.88. The van der Waals surface area contributed by atoms with E-state index in [4.69, 9.17) is 5.73 Å². The Hall–Kier alpha value is -1.68. The maximum Gasteiger partial charge on any atom is 0.339 e. The van der Waals surface area contributed by atoms with Crippen molar-refractivity contribution < 1.29 is 14.3 Å². The number of esters is 1. The number of ether oxygens (including phenoxy) is 1. The van der Waals surface area contributed by atoms with Gasteiger partial charge in [-0.3, -0.25) is 4.79 Å². The van der Waals surface area contributed by atoms with Crippen LogP contribution in [0.3, 0.4) is 0 Å². The van der Waals surface area contributed by atoms with Crippen molar-refractivity contribution in [1.82, 2.24) is 0 Å². The molecule has 0 rings (SSSR count). The highest BCUT2D eigenvalue weighted by molar-refractivity contribution is 6.06. The van der Waals surface area contributed by atoms with Crippen LogP contribution in [0.4, 0.5) is 0 Å². The van der Waals surface area contributed by atoms with Crippen molar-refractivity contribution in [3.63, 3.8) is 0 Å². The summed E-state index contributed by atoms with van der Waals surface area (Å²) >= 11 is 0. The van der Waals surface area contributed by atoms with Gasteiger partial charge in [0.15, 0.2) is 5.78 Å².